The second-order valence-corrected chi connectivity index (χ2v) is 8.66. The summed E-state index contributed by atoms with van der Waals surface area (Å²) in [5.41, 5.74) is 8.64. The molecule has 13 heteroatoms. The number of benzene rings is 2. The lowest BCUT2D eigenvalue weighted by atomic mass is 9.92. The third-order valence-corrected chi connectivity index (χ3v) is 5.87. The zero-order chi connectivity index (χ0) is 26.2. The number of nitrogens with zero attached hydrogens (tertiary/aromatic N) is 3. The van der Waals surface area contributed by atoms with E-state index in [1.807, 2.05) is 0 Å². The van der Waals surface area contributed by atoms with Crippen molar-refractivity contribution in [2.45, 2.75) is 25.2 Å². The van der Waals surface area contributed by atoms with Crippen molar-refractivity contribution in [1.82, 2.24) is 10.3 Å². The van der Waals surface area contributed by atoms with Crippen LogP contribution in [0.5, 0.6) is 5.75 Å². The SMILES string of the molecule is NC1=NC=NN2CC(C(=O)NC3CC3)C(c3ccc(NC(=O)Nc4cccc(OC(F)(F)F)c4)cc3)=C12. The predicted octanol–water partition coefficient (Wildman–Crippen LogP) is 3.46. The van der Waals surface area contributed by atoms with E-state index in [4.69, 9.17) is 5.73 Å². The molecule has 10 nitrogen and oxygen atoms in total. The highest BCUT2D eigenvalue weighted by Crippen LogP contribution is 2.38. The minimum Gasteiger partial charge on any atom is -0.406 e. The van der Waals surface area contributed by atoms with Crippen LogP contribution in [0.25, 0.3) is 5.57 Å². The van der Waals surface area contributed by atoms with Crippen molar-refractivity contribution in [3.05, 3.63) is 59.8 Å². The Labute approximate surface area is 209 Å². The standard InChI is InChI=1S/C24H22F3N7O3/c25-24(26,27)37-17-3-1-2-16(10-17)33-23(36)32-15-6-4-13(5-7-15)19-18(22(35)31-14-8-9-14)11-34-20(19)21(28)29-12-30-34/h1-7,10,12,14,18H,8-9,11H2,(H,31,35)(H2,28,29,30)(H2,32,33,36). The molecule has 1 aliphatic carbocycles. The van der Waals surface area contributed by atoms with Gasteiger partial charge in [0.15, 0.2) is 5.84 Å². The topological polar surface area (TPSA) is 133 Å². The van der Waals surface area contributed by atoms with E-state index >= 15 is 0 Å². The number of carbonyl (C=O) groups is 2. The van der Waals surface area contributed by atoms with Crippen LogP contribution in [0.15, 0.2) is 64.3 Å². The molecule has 5 rings (SSSR count). The van der Waals surface area contributed by atoms with E-state index in [0.717, 1.165) is 25.0 Å². The number of aliphatic imine (C=N–C) groups is 1. The predicted molar refractivity (Wildman–Crippen MR) is 131 cm³/mol. The number of hydrazone groups is 1. The molecule has 0 spiro atoms. The van der Waals surface area contributed by atoms with Crippen LogP contribution in [0.4, 0.5) is 29.3 Å². The number of halogens is 3. The zero-order valence-corrected chi connectivity index (χ0v) is 19.2. The van der Waals surface area contributed by atoms with E-state index < -0.39 is 24.1 Å². The number of ether oxygens (including phenoxy) is 1. The summed E-state index contributed by atoms with van der Waals surface area (Å²) in [5.74, 6) is -0.816. The Balaban J connectivity index is 1.30. The monoisotopic (exact) mass is 513 g/mol. The molecule has 2 aromatic rings. The summed E-state index contributed by atoms with van der Waals surface area (Å²) < 4.78 is 41.2. The number of alkyl halides is 3. The fourth-order valence-electron chi connectivity index (χ4n) is 4.13. The molecule has 192 valence electrons. The normalized spacial score (nSPS) is 18.7. The first kappa shape index (κ1) is 24.2. The summed E-state index contributed by atoms with van der Waals surface area (Å²) in [4.78, 5) is 29.4. The summed E-state index contributed by atoms with van der Waals surface area (Å²) in [6, 6.07) is 11.2. The van der Waals surface area contributed by atoms with Crippen molar-refractivity contribution in [3.63, 3.8) is 0 Å². The fourth-order valence-corrected chi connectivity index (χ4v) is 4.13. The average molecular weight is 513 g/mol. The van der Waals surface area contributed by atoms with Gasteiger partial charge < -0.3 is 26.4 Å². The van der Waals surface area contributed by atoms with Gasteiger partial charge in [-0.15, -0.1) is 13.2 Å². The van der Waals surface area contributed by atoms with Crippen molar-refractivity contribution in [3.8, 4) is 5.75 Å². The average Bonchev–Trinajstić information content (AvgIpc) is 3.55. The van der Waals surface area contributed by atoms with Crippen LogP contribution < -0.4 is 26.4 Å². The van der Waals surface area contributed by atoms with Gasteiger partial charge in [0.25, 0.3) is 0 Å². The van der Waals surface area contributed by atoms with Crippen LogP contribution in [0.1, 0.15) is 18.4 Å². The maximum atomic E-state index is 13.0. The zero-order valence-electron chi connectivity index (χ0n) is 19.2. The molecular weight excluding hydrogens is 491 g/mol. The second kappa shape index (κ2) is 9.48. The molecule has 1 fully saturated rings. The van der Waals surface area contributed by atoms with E-state index in [9.17, 15) is 22.8 Å². The first-order valence-electron chi connectivity index (χ1n) is 11.4. The number of urea groups is 1. The van der Waals surface area contributed by atoms with Crippen LogP contribution >= 0.6 is 0 Å². The molecule has 1 unspecified atom stereocenters. The van der Waals surface area contributed by atoms with Crippen molar-refractivity contribution >= 4 is 41.1 Å². The molecular formula is C24H22F3N7O3. The molecule has 1 saturated carbocycles. The summed E-state index contributed by atoms with van der Waals surface area (Å²) in [6.07, 6.45) is -1.59. The third kappa shape index (κ3) is 5.66. The number of anilines is 2. The van der Waals surface area contributed by atoms with Gasteiger partial charge in [-0.25, -0.2) is 9.79 Å². The number of nitrogens with two attached hydrogens (primary N) is 1. The summed E-state index contributed by atoms with van der Waals surface area (Å²) in [7, 11) is 0. The Hall–Kier alpha value is -4.55. The van der Waals surface area contributed by atoms with Gasteiger partial charge in [-0.2, -0.15) is 5.10 Å². The highest BCUT2D eigenvalue weighted by molar-refractivity contribution is 6.11. The fraction of sp³-hybridized carbons (Fsp3) is 0.250. The maximum absolute atomic E-state index is 13.0. The Morgan fingerprint density at radius 3 is 2.49 bits per heavy atom. The van der Waals surface area contributed by atoms with Gasteiger partial charge in [0.2, 0.25) is 5.91 Å². The molecule has 2 heterocycles. The summed E-state index contributed by atoms with van der Waals surface area (Å²) in [5, 5.41) is 14.0. The number of hydrogen-bond donors (Lipinski definition) is 4. The molecule has 1 atom stereocenters. The Kier molecular flexibility index (Phi) is 6.19. The molecule has 0 bridgehead atoms. The highest BCUT2D eigenvalue weighted by atomic mass is 19.4. The minimum absolute atomic E-state index is 0.110. The number of nitrogens with one attached hydrogen (secondary N) is 3. The van der Waals surface area contributed by atoms with Gasteiger partial charge in [-0.05, 0) is 42.7 Å². The van der Waals surface area contributed by atoms with Crippen molar-refractivity contribution in [2.75, 3.05) is 17.2 Å². The van der Waals surface area contributed by atoms with Crippen molar-refractivity contribution < 1.29 is 27.5 Å². The summed E-state index contributed by atoms with van der Waals surface area (Å²) >= 11 is 0. The lowest BCUT2D eigenvalue weighted by Gasteiger charge is -2.18. The molecule has 3 aliphatic rings. The molecule has 3 amide bonds. The second-order valence-electron chi connectivity index (χ2n) is 8.66. The Morgan fingerprint density at radius 2 is 1.78 bits per heavy atom. The number of amides is 3. The van der Waals surface area contributed by atoms with Crippen molar-refractivity contribution in [1.29, 1.82) is 0 Å². The number of fused-ring (bicyclic) bond motifs is 1. The van der Waals surface area contributed by atoms with Crippen LogP contribution in [0.2, 0.25) is 0 Å². The van der Waals surface area contributed by atoms with E-state index in [1.165, 1.54) is 18.5 Å². The van der Waals surface area contributed by atoms with Gasteiger partial charge in [-0.1, -0.05) is 18.2 Å². The van der Waals surface area contributed by atoms with Gasteiger partial charge in [0.05, 0.1) is 12.5 Å². The number of hydrogen-bond acceptors (Lipinski definition) is 7. The number of amidine groups is 1. The van der Waals surface area contributed by atoms with Crippen LogP contribution in [-0.2, 0) is 4.79 Å². The van der Waals surface area contributed by atoms with Gasteiger partial charge >= 0.3 is 12.4 Å². The third-order valence-electron chi connectivity index (χ3n) is 5.87. The van der Waals surface area contributed by atoms with E-state index in [0.29, 0.717) is 29.1 Å². The van der Waals surface area contributed by atoms with E-state index in [-0.39, 0.29) is 23.5 Å². The maximum Gasteiger partial charge on any atom is 0.573 e. The molecule has 2 aromatic carbocycles. The first-order chi connectivity index (χ1) is 17.7. The lowest BCUT2D eigenvalue weighted by Crippen LogP contribution is -2.35. The van der Waals surface area contributed by atoms with Crippen molar-refractivity contribution in [2.24, 2.45) is 21.7 Å². The lowest BCUT2D eigenvalue weighted by molar-refractivity contribution is -0.274. The molecule has 37 heavy (non-hydrogen) atoms. The highest BCUT2D eigenvalue weighted by Gasteiger charge is 2.40. The molecule has 5 N–H and O–H groups in total. The Morgan fingerprint density at radius 1 is 1.05 bits per heavy atom. The van der Waals surface area contributed by atoms with Crippen LogP contribution in [-0.4, -0.2) is 48.1 Å². The molecule has 0 radical (unpaired) electrons. The summed E-state index contributed by atoms with van der Waals surface area (Å²) in [6.45, 7) is 0.329. The van der Waals surface area contributed by atoms with Gasteiger partial charge in [0, 0.05) is 29.1 Å². The number of rotatable bonds is 6. The Bertz CT molecular complexity index is 1320. The van der Waals surface area contributed by atoms with Gasteiger partial charge in [0.1, 0.15) is 17.8 Å². The van der Waals surface area contributed by atoms with Crippen LogP contribution in [0.3, 0.4) is 0 Å². The largest absolute Gasteiger partial charge is 0.573 e. The smallest absolute Gasteiger partial charge is 0.406 e. The van der Waals surface area contributed by atoms with E-state index in [1.54, 1.807) is 29.3 Å². The quantitative estimate of drug-likeness (QED) is 0.470. The molecule has 0 saturated heterocycles. The van der Waals surface area contributed by atoms with E-state index in [2.05, 4.69) is 30.8 Å². The number of carbonyl (C=O) groups excluding carboxylic acids is 2. The first-order valence-corrected chi connectivity index (χ1v) is 11.4. The molecule has 2 aliphatic heterocycles. The molecule has 0 aromatic heterocycles. The van der Waals surface area contributed by atoms with Crippen LogP contribution in [0, 0.1) is 5.92 Å². The minimum atomic E-state index is -4.84. The van der Waals surface area contributed by atoms with Gasteiger partial charge in [-0.3, -0.25) is 9.80 Å².